The third-order valence-corrected chi connectivity index (χ3v) is 3.97. The zero-order chi connectivity index (χ0) is 15.4. The number of nitriles is 1. The summed E-state index contributed by atoms with van der Waals surface area (Å²) in [4.78, 5) is 17.4. The second-order valence-electron chi connectivity index (χ2n) is 4.54. The van der Waals surface area contributed by atoms with Crippen LogP contribution in [0.1, 0.15) is 16.1 Å². The first kappa shape index (κ1) is 14.0. The molecule has 0 aliphatic rings. The van der Waals surface area contributed by atoms with Crippen LogP contribution in [0.15, 0.2) is 60.1 Å². The summed E-state index contributed by atoms with van der Waals surface area (Å²) >= 11 is 1.43. The molecule has 0 saturated heterocycles. The van der Waals surface area contributed by atoms with Crippen molar-refractivity contribution in [3.63, 3.8) is 0 Å². The maximum Gasteiger partial charge on any atom is 0.275 e. The second-order valence-corrected chi connectivity index (χ2v) is 5.39. The highest BCUT2D eigenvalue weighted by Gasteiger charge is 2.16. The van der Waals surface area contributed by atoms with Gasteiger partial charge >= 0.3 is 0 Å². The Morgan fingerprint density at radius 1 is 1.09 bits per heavy atom. The highest BCUT2D eigenvalue weighted by molar-refractivity contribution is 7.13. The zero-order valence-electron chi connectivity index (χ0n) is 11.5. The molecule has 4 nitrogen and oxygen atoms in total. The van der Waals surface area contributed by atoms with E-state index in [-0.39, 0.29) is 5.91 Å². The van der Waals surface area contributed by atoms with Crippen molar-refractivity contribution in [3.8, 4) is 16.5 Å². The number of hydrogen-bond acceptors (Lipinski definition) is 4. The molecule has 0 unspecified atom stereocenters. The molecule has 0 aliphatic heterocycles. The van der Waals surface area contributed by atoms with Gasteiger partial charge in [0.1, 0.15) is 5.69 Å². The summed E-state index contributed by atoms with van der Waals surface area (Å²) in [7, 11) is 0. The van der Waals surface area contributed by atoms with Crippen molar-refractivity contribution in [1.29, 1.82) is 5.26 Å². The van der Waals surface area contributed by atoms with E-state index in [2.05, 4.69) is 10.3 Å². The maximum absolute atomic E-state index is 12.4. The Bertz CT molecular complexity index is 832. The van der Waals surface area contributed by atoms with Crippen molar-refractivity contribution in [3.05, 3.63) is 71.4 Å². The lowest BCUT2D eigenvalue weighted by Gasteiger charge is -2.05. The van der Waals surface area contributed by atoms with Gasteiger partial charge in [-0.15, -0.1) is 11.3 Å². The summed E-state index contributed by atoms with van der Waals surface area (Å²) in [5.74, 6) is -0.259. The van der Waals surface area contributed by atoms with E-state index >= 15 is 0 Å². The molecule has 106 valence electrons. The molecule has 0 saturated carbocycles. The number of anilines is 1. The summed E-state index contributed by atoms with van der Waals surface area (Å²) in [6.45, 7) is 0. The Balaban J connectivity index is 1.84. The summed E-state index contributed by atoms with van der Waals surface area (Å²) in [5.41, 5.74) is 4.22. The van der Waals surface area contributed by atoms with E-state index in [1.54, 1.807) is 29.8 Å². The van der Waals surface area contributed by atoms with Gasteiger partial charge in [-0.2, -0.15) is 5.26 Å². The average Bonchev–Trinajstić information content (AvgIpc) is 3.06. The lowest BCUT2D eigenvalue weighted by atomic mass is 10.1. The quantitative estimate of drug-likeness (QED) is 0.797. The van der Waals surface area contributed by atoms with Crippen LogP contribution in [0.2, 0.25) is 0 Å². The first-order valence-corrected chi connectivity index (χ1v) is 7.46. The van der Waals surface area contributed by atoms with Crippen LogP contribution in [0.3, 0.4) is 0 Å². The van der Waals surface area contributed by atoms with Gasteiger partial charge in [0.05, 0.1) is 22.0 Å². The Morgan fingerprint density at radius 3 is 2.50 bits per heavy atom. The van der Waals surface area contributed by atoms with E-state index in [4.69, 9.17) is 5.26 Å². The molecule has 3 aromatic rings. The number of carbonyl (C=O) groups excluding carboxylic acids is 1. The summed E-state index contributed by atoms with van der Waals surface area (Å²) in [6.07, 6.45) is 0. The van der Waals surface area contributed by atoms with Crippen molar-refractivity contribution in [2.75, 3.05) is 5.32 Å². The first-order valence-electron chi connectivity index (χ1n) is 6.58. The number of nitrogens with zero attached hydrogens (tertiary/aromatic N) is 2. The number of carbonyl (C=O) groups is 1. The highest BCUT2D eigenvalue weighted by atomic mass is 32.1. The van der Waals surface area contributed by atoms with Gasteiger partial charge in [-0.3, -0.25) is 4.79 Å². The second kappa shape index (κ2) is 6.20. The minimum atomic E-state index is -0.259. The van der Waals surface area contributed by atoms with E-state index in [0.29, 0.717) is 16.9 Å². The van der Waals surface area contributed by atoms with Crippen molar-refractivity contribution < 1.29 is 4.79 Å². The minimum absolute atomic E-state index is 0.259. The van der Waals surface area contributed by atoms with Crippen molar-refractivity contribution in [1.82, 2.24) is 4.98 Å². The maximum atomic E-state index is 12.4. The highest BCUT2D eigenvalue weighted by Crippen LogP contribution is 2.28. The predicted molar refractivity (Wildman–Crippen MR) is 86.7 cm³/mol. The van der Waals surface area contributed by atoms with Crippen LogP contribution in [0.4, 0.5) is 5.69 Å². The normalized spacial score (nSPS) is 9.95. The molecular formula is C17H11N3OS. The SMILES string of the molecule is N#Cc1ccc(NC(=O)c2ncsc2-c2ccccc2)cc1. The lowest BCUT2D eigenvalue weighted by molar-refractivity contribution is 0.102. The molecule has 5 heteroatoms. The lowest BCUT2D eigenvalue weighted by Crippen LogP contribution is -2.13. The summed E-state index contributed by atoms with van der Waals surface area (Å²) in [5, 5.41) is 11.6. The molecule has 3 rings (SSSR count). The van der Waals surface area contributed by atoms with E-state index in [0.717, 1.165) is 10.4 Å². The van der Waals surface area contributed by atoms with Gasteiger partial charge < -0.3 is 5.32 Å². The van der Waals surface area contributed by atoms with Gasteiger partial charge in [-0.05, 0) is 29.8 Å². The number of hydrogen-bond donors (Lipinski definition) is 1. The molecule has 0 aliphatic carbocycles. The molecular weight excluding hydrogens is 294 g/mol. The van der Waals surface area contributed by atoms with E-state index in [1.165, 1.54) is 11.3 Å². The number of rotatable bonds is 3. The molecule has 1 heterocycles. The van der Waals surface area contributed by atoms with Crippen LogP contribution in [-0.2, 0) is 0 Å². The van der Waals surface area contributed by atoms with Crippen molar-refractivity contribution >= 4 is 22.9 Å². The fourth-order valence-electron chi connectivity index (χ4n) is 2.02. The van der Waals surface area contributed by atoms with Gasteiger partial charge in [0.2, 0.25) is 0 Å². The molecule has 0 bridgehead atoms. The van der Waals surface area contributed by atoms with Crippen LogP contribution in [0.25, 0.3) is 10.4 Å². The Morgan fingerprint density at radius 2 is 1.82 bits per heavy atom. The van der Waals surface area contributed by atoms with Crippen LogP contribution in [-0.4, -0.2) is 10.9 Å². The molecule has 1 N–H and O–H groups in total. The van der Waals surface area contributed by atoms with Gasteiger partial charge in [0, 0.05) is 5.69 Å². The smallest absolute Gasteiger partial charge is 0.275 e. The number of thiazole rings is 1. The van der Waals surface area contributed by atoms with Crippen LogP contribution in [0, 0.1) is 11.3 Å². The molecule has 0 fully saturated rings. The number of benzene rings is 2. The fourth-order valence-corrected chi connectivity index (χ4v) is 2.81. The van der Waals surface area contributed by atoms with Crippen molar-refractivity contribution in [2.24, 2.45) is 0 Å². The third kappa shape index (κ3) is 2.87. The van der Waals surface area contributed by atoms with Gasteiger partial charge in [-0.1, -0.05) is 30.3 Å². The van der Waals surface area contributed by atoms with Crippen molar-refractivity contribution in [2.45, 2.75) is 0 Å². The summed E-state index contributed by atoms with van der Waals surface area (Å²) < 4.78 is 0. The van der Waals surface area contributed by atoms with Gasteiger partial charge in [0.15, 0.2) is 0 Å². The Labute approximate surface area is 131 Å². The molecule has 0 atom stereocenters. The monoisotopic (exact) mass is 305 g/mol. The van der Waals surface area contributed by atoms with Crippen LogP contribution < -0.4 is 5.32 Å². The van der Waals surface area contributed by atoms with E-state index < -0.39 is 0 Å². The summed E-state index contributed by atoms with van der Waals surface area (Å²) in [6, 6.07) is 18.5. The number of aromatic nitrogens is 1. The Hall–Kier alpha value is -2.97. The van der Waals surface area contributed by atoms with Gasteiger partial charge in [0.25, 0.3) is 5.91 Å². The fraction of sp³-hybridized carbons (Fsp3) is 0. The van der Waals surface area contributed by atoms with Crippen LogP contribution in [0.5, 0.6) is 0 Å². The predicted octanol–water partition coefficient (Wildman–Crippen LogP) is 3.93. The molecule has 1 amide bonds. The molecule has 22 heavy (non-hydrogen) atoms. The number of nitrogens with one attached hydrogen (secondary N) is 1. The third-order valence-electron chi connectivity index (χ3n) is 3.09. The minimum Gasteiger partial charge on any atom is -0.321 e. The number of amides is 1. The van der Waals surface area contributed by atoms with E-state index in [1.807, 2.05) is 36.4 Å². The Kier molecular flexibility index (Phi) is 3.95. The topological polar surface area (TPSA) is 65.8 Å². The standard InChI is InChI=1S/C17H11N3OS/c18-10-12-6-8-14(9-7-12)20-17(21)15-16(22-11-19-15)13-4-2-1-3-5-13/h1-9,11H,(H,20,21). The largest absolute Gasteiger partial charge is 0.321 e. The average molecular weight is 305 g/mol. The first-order chi connectivity index (χ1) is 10.8. The molecule has 1 aromatic heterocycles. The zero-order valence-corrected chi connectivity index (χ0v) is 12.3. The molecule has 0 spiro atoms. The van der Waals surface area contributed by atoms with Crippen LogP contribution >= 0.6 is 11.3 Å². The molecule has 2 aromatic carbocycles. The van der Waals surface area contributed by atoms with Gasteiger partial charge in [-0.25, -0.2) is 4.98 Å². The molecule has 0 radical (unpaired) electrons. The van der Waals surface area contributed by atoms with E-state index in [9.17, 15) is 4.79 Å².